The van der Waals surface area contributed by atoms with E-state index in [-0.39, 0.29) is 54.7 Å². The number of hydrogen-bond donors (Lipinski definition) is 2. The predicted octanol–water partition coefficient (Wildman–Crippen LogP) is 4.22. The molecule has 1 saturated carbocycles. The Bertz CT molecular complexity index is 1190. The number of carboxylic acids is 1. The predicted molar refractivity (Wildman–Crippen MR) is 140 cm³/mol. The Balaban J connectivity index is 1.45. The van der Waals surface area contributed by atoms with Gasteiger partial charge in [-0.3, -0.25) is 14.6 Å². The number of nitrogens with two attached hydrogens (primary N) is 1. The number of carbonyl (C=O) groups excluding carboxylic acids is 1. The fourth-order valence-electron chi connectivity index (χ4n) is 4.80. The summed E-state index contributed by atoms with van der Waals surface area (Å²) in [6.45, 7) is 4.44. The van der Waals surface area contributed by atoms with E-state index in [2.05, 4.69) is 15.0 Å². The smallest absolute Gasteiger partial charge is 0.322 e. The van der Waals surface area contributed by atoms with Crippen molar-refractivity contribution in [2.75, 3.05) is 30.4 Å². The summed E-state index contributed by atoms with van der Waals surface area (Å²) in [5, 5.41) is 9.04. The number of amides is 1. The zero-order valence-electron chi connectivity index (χ0n) is 21.2. The first-order valence-electron chi connectivity index (χ1n) is 12.6. The van der Waals surface area contributed by atoms with Gasteiger partial charge in [-0.2, -0.15) is 9.97 Å². The van der Waals surface area contributed by atoms with Gasteiger partial charge < -0.3 is 25.2 Å². The number of allylic oxidation sites excluding steroid dienone is 1. The number of carbonyl (C=O) groups is 2. The van der Waals surface area contributed by atoms with Crippen LogP contribution in [0.1, 0.15) is 67.8 Å². The average Bonchev–Trinajstić information content (AvgIpc) is 3.05. The second kappa shape index (κ2) is 11.9. The molecule has 0 bridgehead atoms. The van der Waals surface area contributed by atoms with Crippen LogP contribution >= 0.6 is 0 Å². The van der Waals surface area contributed by atoms with Crippen LogP contribution < -0.4 is 20.1 Å². The highest BCUT2D eigenvalue weighted by atomic mass is 16.5. The van der Waals surface area contributed by atoms with Gasteiger partial charge in [0.1, 0.15) is 24.6 Å². The molecule has 0 atom stereocenters. The summed E-state index contributed by atoms with van der Waals surface area (Å²) in [4.78, 5) is 38.7. The molecular weight excluding hydrogens is 474 g/mol. The molecule has 1 aliphatic heterocycles. The lowest BCUT2D eigenvalue weighted by Crippen LogP contribution is -2.32. The zero-order chi connectivity index (χ0) is 26.4. The Kier molecular flexibility index (Phi) is 8.37. The molecule has 2 aromatic rings. The number of rotatable bonds is 8. The molecule has 1 aromatic heterocycles. The van der Waals surface area contributed by atoms with Gasteiger partial charge in [0, 0.05) is 18.3 Å². The van der Waals surface area contributed by atoms with E-state index in [1.165, 1.54) is 5.56 Å². The average molecular weight is 508 g/mol. The summed E-state index contributed by atoms with van der Waals surface area (Å²) >= 11 is 0. The van der Waals surface area contributed by atoms with E-state index >= 15 is 0 Å². The topological polar surface area (TPSA) is 140 Å². The van der Waals surface area contributed by atoms with Crippen molar-refractivity contribution in [3.8, 4) is 11.9 Å². The fraction of sp³-hybridized carbons (Fsp3) is 0.444. The number of anilines is 2. The van der Waals surface area contributed by atoms with Crippen LogP contribution in [0.5, 0.6) is 11.9 Å². The second-order valence-corrected chi connectivity index (χ2v) is 9.42. The van der Waals surface area contributed by atoms with Gasteiger partial charge in [-0.05, 0) is 69.1 Å². The molecule has 1 fully saturated rings. The van der Waals surface area contributed by atoms with Gasteiger partial charge in [-0.15, -0.1) is 0 Å². The van der Waals surface area contributed by atoms with Gasteiger partial charge in [0.25, 0.3) is 5.91 Å². The van der Waals surface area contributed by atoms with Gasteiger partial charge in [0.15, 0.2) is 0 Å². The Morgan fingerprint density at radius 2 is 1.97 bits per heavy atom. The lowest BCUT2D eigenvalue weighted by Gasteiger charge is -2.28. The third kappa shape index (κ3) is 6.44. The summed E-state index contributed by atoms with van der Waals surface area (Å²) in [7, 11) is 0. The molecule has 1 aromatic carbocycles. The third-order valence-electron chi connectivity index (χ3n) is 6.74. The molecule has 1 amide bonds. The SMILES string of the molecule is C/C=C\N=C(C)COc1nc(N)c2c(n1)OCCN(c1ccc(C3CCC(CC(=O)O)CC3)cc1)C2=O. The van der Waals surface area contributed by atoms with Crippen LogP contribution in [0.2, 0.25) is 0 Å². The first kappa shape index (κ1) is 26.1. The van der Waals surface area contributed by atoms with Crippen LogP contribution in [0.4, 0.5) is 11.5 Å². The van der Waals surface area contributed by atoms with E-state index in [1.54, 1.807) is 11.1 Å². The minimum Gasteiger partial charge on any atom is -0.481 e. The van der Waals surface area contributed by atoms with Crippen molar-refractivity contribution in [3.05, 3.63) is 47.7 Å². The van der Waals surface area contributed by atoms with Crippen LogP contribution in [-0.4, -0.2) is 52.4 Å². The minimum atomic E-state index is -0.722. The first-order chi connectivity index (χ1) is 17.9. The van der Waals surface area contributed by atoms with E-state index in [9.17, 15) is 9.59 Å². The fourth-order valence-corrected chi connectivity index (χ4v) is 4.80. The largest absolute Gasteiger partial charge is 0.481 e. The van der Waals surface area contributed by atoms with Crippen molar-refractivity contribution >= 4 is 29.1 Å². The zero-order valence-corrected chi connectivity index (χ0v) is 21.2. The summed E-state index contributed by atoms with van der Waals surface area (Å²) in [5.41, 5.74) is 8.94. The van der Waals surface area contributed by atoms with Crippen LogP contribution in [0.15, 0.2) is 41.5 Å². The standard InChI is InChI=1S/C27H33N5O5/c1-3-12-29-17(2)16-37-27-30-24(28)23-25(31-27)36-14-13-32(26(23)35)21-10-8-20(9-11-21)19-6-4-18(5-7-19)15-22(33)34/h3,8-12,18-19H,4-7,13-16H2,1-2H3,(H,33,34)(H2,28,30,31)/b12-3-,29-17?. The lowest BCUT2D eigenvalue weighted by molar-refractivity contribution is -0.138. The molecule has 0 unspecified atom stereocenters. The summed E-state index contributed by atoms with van der Waals surface area (Å²) in [6, 6.07) is 7.99. The molecule has 196 valence electrons. The number of ether oxygens (including phenoxy) is 2. The molecule has 2 heterocycles. The van der Waals surface area contributed by atoms with Crippen molar-refractivity contribution < 1.29 is 24.2 Å². The summed E-state index contributed by atoms with van der Waals surface area (Å²) in [5.74, 6) is -0.291. The quantitative estimate of drug-likeness (QED) is 0.506. The normalized spacial score (nSPS) is 20.3. The number of nitrogen functional groups attached to an aromatic ring is 1. The number of fused-ring (bicyclic) bond motifs is 1. The Hall–Kier alpha value is -3.95. The lowest BCUT2D eigenvalue weighted by atomic mass is 9.77. The number of aromatic nitrogens is 2. The molecule has 4 rings (SSSR count). The van der Waals surface area contributed by atoms with Gasteiger partial charge in [0.2, 0.25) is 5.88 Å². The highest BCUT2D eigenvalue weighted by Crippen LogP contribution is 2.38. The Morgan fingerprint density at radius 3 is 2.65 bits per heavy atom. The van der Waals surface area contributed by atoms with Gasteiger partial charge in [0.05, 0.1) is 12.3 Å². The van der Waals surface area contributed by atoms with Gasteiger partial charge in [-0.1, -0.05) is 18.2 Å². The van der Waals surface area contributed by atoms with Crippen molar-refractivity contribution in [3.63, 3.8) is 0 Å². The van der Waals surface area contributed by atoms with Crippen molar-refractivity contribution in [1.82, 2.24) is 9.97 Å². The van der Waals surface area contributed by atoms with Gasteiger partial charge >= 0.3 is 12.0 Å². The van der Waals surface area contributed by atoms with E-state index < -0.39 is 5.97 Å². The molecule has 0 spiro atoms. The summed E-state index contributed by atoms with van der Waals surface area (Å²) in [6.07, 6.45) is 7.52. The maximum Gasteiger partial charge on any atom is 0.322 e. The molecular formula is C27H33N5O5. The van der Waals surface area contributed by atoms with E-state index in [1.807, 2.05) is 44.2 Å². The number of aliphatic imine (C=N–C) groups is 1. The molecule has 3 N–H and O–H groups in total. The van der Waals surface area contributed by atoms with Crippen molar-refractivity contribution in [2.24, 2.45) is 10.9 Å². The van der Waals surface area contributed by atoms with Crippen molar-refractivity contribution in [2.45, 2.75) is 51.9 Å². The minimum absolute atomic E-state index is 0.00492. The van der Waals surface area contributed by atoms with Gasteiger partial charge in [-0.25, -0.2) is 0 Å². The molecule has 2 aliphatic rings. The number of aliphatic carboxylic acids is 1. The molecule has 10 nitrogen and oxygen atoms in total. The first-order valence-corrected chi connectivity index (χ1v) is 12.6. The van der Waals surface area contributed by atoms with Crippen LogP contribution in [0.25, 0.3) is 0 Å². The van der Waals surface area contributed by atoms with E-state index in [0.29, 0.717) is 12.5 Å². The second-order valence-electron chi connectivity index (χ2n) is 9.42. The highest BCUT2D eigenvalue weighted by molar-refractivity contribution is 6.10. The molecule has 0 radical (unpaired) electrons. The number of benzene rings is 1. The maximum atomic E-state index is 13.4. The molecule has 37 heavy (non-hydrogen) atoms. The van der Waals surface area contributed by atoms with E-state index in [4.69, 9.17) is 20.3 Å². The maximum absolute atomic E-state index is 13.4. The Morgan fingerprint density at radius 1 is 1.24 bits per heavy atom. The van der Waals surface area contributed by atoms with Crippen LogP contribution in [0.3, 0.4) is 0 Å². The molecule has 0 saturated heterocycles. The molecule has 1 aliphatic carbocycles. The summed E-state index contributed by atoms with van der Waals surface area (Å²) < 4.78 is 11.4. The van der Waals surface area contributed by atoms with Crippen molar-refractivity contribution in [1.29, 1.82) is 0 Å². The highest BCUT2D eigenvalue weighted by Gasteiger charge is 2.30. The third-order valence-corrected chi connectivity index (χ3v) is 6.74. The monoisotopic (exact) mass is 507 g/mol. The number of nitrogens with zero attached hydrogens (tertiary/aromatic N) is 4. The number of carboxylic acid groups (broad SMARTS) is 1. The molecule has 10 heteroatoms. The van der Waals surface area contributed by atoms with E-state index in [0.717, 1.165) is 37.1 Å². The number of hydrogen-bond acceptors (Lipinski definition) is 8. The Labute approximate surface area is 216 Å². The van der Waals surface area contributed by atoms with Crippen LogP contribution in [-0.2, 0) is 4.79 Å². The van der Waals surface area contributed by atoms with Crippen LogP contribution in [0, 0.1) is 5.92 Å².